The second-order valence-electron chi connectivity index (χ2n) is 9.76. The van der Waals surface area contributed by atoms with Gasteiger partial charge >= 0.3 is 12.2 Å². The van der Waals surface area contributed by atoms with E-state index >= 15 is 0 Å². The number of nitrogens with zero attached hydrogens (tertiary/aromatic N) is 1. The predicted octanol–water partition coefficient (Wildman–Crippen LogP) is 3.38. The van der Waals surface area contributed by atoms with Crippen molar-refractivity contribution >= 4 is 47.0 Å². The van der Waals surface area contributed by atoms with Crippen molar-refractivity contribution in [3.8, 4) is 0 Å². The standard InChI is InChI=1S/C25H27ClN4O7/c1-24(2,36)12-19(28-20(31)14-3-6-16(7-4-14)27-22(33)34)21(32)30-10-9-25(13-30)17-11-15(26)5-8-18(17)29-23(35)37-25/h3-8,11,19,27,36H,9-10,12-13H2,1-2H3,(H,28,31)(H,29,35)(H,33,34)/t19-,25-/m0/s1. The minimum atomic E-state index is -1.28. The Morgan fingerprint density at radius 1 is 1.22 bits per heavy atom. The average molecular weight is 531 g/mol. The number of carbonyl (C=O) groups is 4. The van der Waals surface area contributed by atoms with Gasteiger partial charge in [0, 0.05) is 41.2 Å². The lowest BCUT2D eigenvalue weighted by atomic mass is 9.90. The van der Waals surface area contributed by atoms with E-state index in [2.05, 4.69) is 16.0 Å². The summed E-state index contributed by atoms with van der Waals surface area (Å²) in [6, 6.07) is 9.65. The number of ether oxygens (including phenoxy) is 1. The number of anilines is 2. The average Bonchev–Trinajstić information content (AvgIpc) is 3.22. The molecule has 0 aliphatic carbocycles. The van der Waals surface area contributed by atoms with E-state index in [1.54, 1.807) is 18.2 Å². The van der Waals surface area contributed by atoms with Crippen LogP contribution < -0.4 is 16.0 Å². The lowest BCUT2D eigenvalue weighted by Crippen LogP contribution is -2.52. The number of likely N-dealkylation sites (tertiary alicyclic amines) is 1. The van der Waals surface area contributed by atoms with Crippen LogP contribution in [0.3, 0.4) is 0 Å². The third-order valence-corrected chi connectivity index (χ3v) is 6.48. The number of amides is 4. The molecule has 2 aromatic rings. The van der Waals surface area contributed by atoms with Crippen LogP contribution in [0.2, 0.25) is 5.02 Å². The van der Waals surface area contributed by atoms with Crippen molar-refractivity contribution in [2.75, 3.05) is 23.7 Å². The second-order valence-corrected chi connectivity index (χ2v) is 10.2. The minimum absolute atomic E-state index is 0.0559. The molecule has 1 saturated heterocycles. The van der Waals surface area contributed by atoms with E-state index in [0.717, 1.165) is 0 Å². The number of aliphatic hydroxyl groups is 1. The molecule has 4 amide bonds. The van der Waals surface area contributed by atoms with Crippen LogP contribution in [-0.2, 0) is 15.1 Å². The summed E-state index contributed by atoms with van der Waals surface area (Å²) in [5.74, 6) is -1.00. The minimum Gasteiger partial charge on any atom is -0.465 e. The van der Waals surface area contributed by atoms with Gasteiger partial charge in [-0.1, -0.05) is 11.6 Å². The number of rotatable bonds is 6. The Balaban J connectivity index is 1.54. The van der Waals surface area contributed by atoms with Crippen molar-refractivity contribution in [3.05, 3.63) is 58.6 Å². The van der Waals surface area contributed by atoms with Gasteiger partial charge in [-0.2, -0.15) is 0 Å². The summed E-state index contributed by atoms with van der Waals surface area (Å²) >= 11 is 6.19. The first-order chi connectivity index (χ1) is 17.3. The summed E-state index contributed by atoms with van der Waals surface area (Å²) < 4.78 is 5.68. The van der Waals surface area contributed by atoms with Gasteiger partial charge in [0.15, 0.2) is 5.60 Å². The first kappa shape index (κ1) is 26.2. The number of hydrogen-bond acceptors (Lipinski definition) is 6. The highest BCUT2D eigenvalue weighted by atomic mass is 35.5. The first-order valence-corrected chi connectivity index (χ1v) is 12.0. The van der Waals surface area contributed by atoms with E-state index in [4.69, 9.17) is 21.4 Å². The van der Waals surface area contributed by atoms with Crippen molar-refractivity contribution < 1.29 is 34.1 Å². The second kappa shape index (κ2) is 9.91. The Bertz CT molecular complexity index is 1240. The molecule has 4 rings (SSSR count). The van der Waals surface area contributed by atoms with Crippen LogP contribution in [0.4, 0.5) is 21.0 Å². The van der Waals surface area contributed by atoms with Gasteiger partial charge in [-0.05, 0) is 56.3 Å². The molecule has 0 aromatic heterocycles. The molecule has 0 saturated carbocycles. The van der Waals surface area contributed by atoms with E-state index in [9.17, 15) is 24.3 Å². The van der Waals surface area contributed by atoms with E-state index in [1.165, 1.54) is 43.0 Å². The zero-order chi connectivity index (χ0) is 27.0. The number of halogens is 1. The van der Waals surface area contributed by atoms with Gasteiger partial charge < -0.3 is 25.2 Å². The van der Waals surface area contributed by atoms with Gasteiger partial charge in [-0.3, -0.25) is 20.2 Å². The molecular formula is C25H27ClN4O7. The number of fused-ring (bicyclic) bond motifs is 2. The van der Waals surface area contributed by atoms with Crippen LogP contribution in [0.25, 0.3) is 0 Å². The van der Waals surface area contributed by atoms with Crippen LogP contribution >= 0.6 is 11.6 Å². The predicted molar refractivity (Wildman–Crippen MR) is 135 cm³/mol. The van der Waals surface area contributed by atoms with Crippen LogP contribution in [0.1, 0.15) is 42.6 Å². The molecule has 0 bridgehead atoms. The molecule has 12 heteroatoms. The molecular weight excluding hydrogens is 504 g/mol. The summed E-state index contributed by atoms with van der Waals surface area (Å²) in [5, 5.41) is 27.2. The van der Waals surface area contributed by atoms with Crippen molar-refractivity contribution in [2.24, 2.45) is 0 Å². The molecule has 5 N–H and O–H groups in total. The van der Waals surface area contributed by atoms with Crippen LogP contribution in [0.5, 0.6) is 0 Å². The van der Waals surface area contributed by atoms with Crippen molar-refractivity contribution in [2.45, 2.75) is 43.9 Å². The molecule has 2 aromatic carbocycles. The summed E-state index contributed by atoms with van der Waals surface area (Å²) in [7, 11) is 0. The number of nitrogens with one attached hydrogen (secondary N) is 3. The third kappa shape index (κ3) is 5.95. The molecule has 0 unspecified atom stereocenters. The molecule has 11 nitrogen and oxygen atoms in total. The third-order valence-electron chi connectivity index (χ3n) is 6.25. The van der Waals surface area contributed by atoms with Crippen molar-refractivity contribution in [1.29, 1.82) is 0 Å². The first-order valence-electron chi connectivity index (χ1n) is 11.6. The lowest BCUT2D eigenvalue weighted by Gasteiger charge is -2.36. The van der Waals surface area contributed by atoms with Crippen LogP contribution in [0.15, 0.2) is 42.5 Å². The number of carboxylic acid groups (broad SMARTS) is 1. The molecule has 1 fully saturated rings. The fourth-order valence-electron chi connectivity index (χ4n) is 4.63. The highest BCUT2D eigenvalue weighted by Gasteiger charge is 2.49. The quantitative estimate of drug-likeness (QED) is 0.383. The number of carbonyl (C=O) groups excluding carboxylic acids is 3. The maximum absolute atomic E-state index is 13.6. The lowest BCUT2D eigenvalue weighted by molar-refractivity contribution is -0.134. The largest absolute Gasteiger partial charge is 0.465 e. The molecule has 196 valence electrons. The van der Waals surface area contributed by atoms with Gasteiger partial charge in [-0.15, -0.1) is 0 Å². The Labute approximate surface area is 217 Å². The van der Waals surface area contributed by atoms with Gasteiger partial charge in [0.1, 0.15) is 6.04 Å². The highest BCUT2D eigenvalue weighted by molar-refractivity contribution is 6.30. The van der Waals surface area contributed by atoms with Gasteiger partial charge in [0.05, 0.1) is 17.8 Å². The molecule has 2 atom stereocenters. The summed E-state index contributed by atoms with van der Waals surface area (Å²) in [5.41, 5.74) is -0.660. The maximum atomic E-state index is 13.6. The molecule has 2 aliphatic rings. The van der Waals surface area contributed by atoms with E-state index in [0.29, 0.717) is 22.7 Å². The fraction of sp³-hybridized carbons (Fsp3) is 0.360. The molecule has 37 heavy (non-hydrogen) atoms. The zero-order valence-corrected chi connectivity index (χ0v) is 21.0. The van der Waals surface area contributed by atoms with Gasteiger partial charge in [-0.25, -0.2) is 9.59 Å². The Kier molecular flexibility index (Phi) is 7.03. The molecule has 2 heterocycles. The SMILES string of the molecule is CC(C)(O)C[C@H](NC(=O)c1ccc(NC(=O)O)cc1)C(=O)N1CC[C@@]2(C1)OC(=O)Nc1ccc(Cl)cc12. The zero-order valence-electron chi connectivity index (χ0n) is 20.2. The Morgan fingerprint density at radius 3 is 2.57 bits per heavy atom. The Morgan fingerprint density at radius 2 is 1.92 bits per heavy atom. The van der Waals surface area contributed by atoms with Gasteiger partial charge in [0.2, 0.25) is 5.91 Å². The highest BCUT2D eigenvalue weighted by Crippen LogP contribution is 2.44. The van der Waals surface area contributed by atoms with E-state index in [-0.39, 0.29) is 30.8 Å². The van der Waals surface area contributed by atoms with Crippen molar-refractivity contribution in [3.63, 3.8) is 0 Å². The maximum Gasteiger partial charge on any atom is 0.412 e. The molecule has 2 aliphatic heterocycles. The number of hydrogen-bond donors (Lipinski definition) is 5. The topological polar surface area (TPSA) is 157 Å². The number of benzene rings is 2. The molecule has 1 spiro atoms. The van der Waals surface area contributed by atoms with Crippen LogP contribution in [-0.4, -0.2) is 63.8 Å². The van der Waals surface area contributed by atoms with E-state index in [1.807, 2.05) is 0 Å². The van der Waals surface area contributed by atoms with E-state index < -0.39 is 41.2 Å². The summed E-state index contributed by atoms with van der Waals surface area (Å²) in [6.45, 7) is 3.38. The van der Waals surface area contributed by atoms with Crippen LogP contribution in [0, 0.1) is 0 Å². The monoisotopic (exact) mass is 530 g/mol. The Hall–Kier alpha value is -3.83. The smallest absolute Gasteiger partial charge is 0.412 e. The summed E-state index contributed by atoms with van der Waals surface area (Å²) in [4.78, 5) is 51.1. The van der Waals surface area contributed by atoms with Gasteiger partial charge in [0.25, 0.3) is 5.91 Å². The van der Waals surface area contributed by atoms with Crippen molar-refractivity contribution in [1.82, 2.24) is 10.2 Å². The normalized spacial score (nSPS) is 19.5. The summed E-state index contributed by atoms with van der Waals surface area (Å²) in [6.07, 6.45) is -1.60. The molecule has 0 radical (unpaired) electrons. The fourth-order valence-corrected chi connectivity index (χ4v) is 4.81.